The maximum atomic E-state index is 12.8. The summed E-state index contributed by atoms with van der Waals surface area (Å²) in [4.78, 5) is 27.0. The first kappa shape index (κ1) is 20.6. The van der Waals surface area contributed by atoms with E-state index in [0.29, 0.717) is 13.0 Å². The van der Waals surface area contributed by atoms with Gasteiger partial charge in [0.1, 0.15) is 6.04 Å². The van der Waals surface area contributed by atoms with Crippen LogP contribution in [0.15, 0.2) is 53.0 Å². The number of nitrogens with two attached hydrogens (primary N) is 1. The molecule has 1 aliphatic rings. The van der Waals surface area contributed by atoms with Gasteiger partial charge in [0.15, 0.2) is 0 Å². The molecule has 0 saturated carbocycles. The van der Waals surface area contributed by atoms with Crippen molar-refractivity contribution in [3.8, 4) is 11.1 Å². The van der Waals surface area contributed by atoms with E-state index in [1.54, 1.807) is 4.90 Å². The smallest absolute Gasteiger partial charge is 0.247 e. The van der Waals surface area contributed by atoms with Gasteiger partial charge in [0.2, 0.25) is 11.8 Å². The molecule has 2 atom stereocenters. The van der Waals surface area contributed by atoms with Crippen LogP contribution < -0.4 is 11.1 Å². The quantitative estimate of drug-likeness (QED) is 0.732. The molecule has 0 bridgehead atoms. The Balaban J connectivity index is 1.67. The van der Waals surface area contributed by atoms with Crippen LogP contribution in [0, 0.1) is 5.92 Å². The molecule has 5 nitrogen and oxygen atoms in total. The number of anilines is 1. The summed E-state index contributed by atoms with van der Waals surface area (Å²) in [7, 11) is 0. The van der Waals surface area contributed by atoms with Crippen molar-refractivity contribution in [3.63, 3.8) is 0 Å². The van der Waals surface area contributed by atoms with Crippen molar-refractivity contribution in [1.29, 1.82) is 0 Å². The Morgan fingerprint density at radius 1 is 1.07 bits per heavy atom. The fourth-order valence-electron chi connectivity index (χ4n) is 3.39. The monoisotopic (exact) mass is 443 g/mol. The number of benzene rings is 2. The van der Waals surface area contributed by atoms with Crippen LogP contribution in [0.5, 0.6) is 0 Å². The van der Waals surface area contributed by atoms with Gasteiger partial charge in [-0.2, -0.15) is 0 Å². The number of halogens is 1. The lowest BCUT2D eigenvalue weighted by atomic mass is 10.0. The number of rotatable bonds is 5. The van der Waals surface area contributed by atoms with Gasteiger partial charge in [-0.15, -0.1) is 0 Å². The predicted molar refractivity (Wildman–Crippen MR) is 116 cm³/mol. The molecule has 2 aromatic carbocycles. The first-order valence-corrected chi connectivity index (χ1v) is 10.4. The minimum absolute atomic E-state index is 0.0444. The first-order valence-electron chi connectivity index (χ1n) is 9.59. The van der Waals surface area contributed by atoms with Crippen LogP contribution in [0.25, 0.3) is 11.1 Å². The molecule has 0 aliphatic carbocycles. The number of carbonyl (C=O) groups excluding carboxylic acids is 2. The van der Waals surface area contributed by atoms with Crippen LogP contribution >= 0.6 is 15.9 Å². The number of hydrogen-bond donors (Lipinski definition) is 2. The van der Waals surface area contributed by atoms with Gasteiger partial charge in [0.05, 0.1) is 6.04 Å². The molecule has 3 rings (SSSR count). The zero-order chi connectivity index (χ0) is 20.3. The summed E-state index contributed by atoms with van der Waals surface area (Å²) in [5, 5.41) is 2.94. The maximum Gasteiger partial charge on any atom is 0.247 e. The zero-order valence-corrected chi connectivity index (χ0v) is 17.8. The molecule has 1 aliphatic heterocycles. The Morgan fingerprint density at radius 2 is 1.64 bits per heavy atom. The first-order chi connectivity index (χ1) is 13.4. The molecule has 0 spiro atoms. The van der Waals surface area contributed by atoms with E-state index in [4.69, 9.17) is 5.73 Å². The molecule has 2 amide bonds. The van der Waals surface area contributed by atoms with E-state index in [1.807, 2.05) is 62.4 Å². The molecule has 1 fully saturated rings. The standard InChI is InChI=1S/C22H26BrN3O2/c1-14(2)20(24)22(28)26-13-3-4-19(26)21(27)25-18-11-7-16(8-12-18)15-5-9-17(23)10-6-15/h5-12,14,19-20H,3-4,13,24H2,1-2H3,(H,25,27). The molecule has 2 unspecified atom stereocenters. The van der Waals surface area contributed by atoms with Crippen LogP contribution in [0.1, 0.15) is 26.7 Å². The number of carbonyl (C=O) groups is 2. The van der Waals surface area contributed by atoms with Gasteiger partial charge in [-0.1, -0.05) is 54.0 Å². The highest BCUT2D eigenvalue weighted by Crippen LogP contribution is 2.25. The molecule has 2 aromatic rings. The molecular weight excluding hydrogens is 418 g/mol. The summed E-state index contributed by atoms with van der Waals surface area (Å²) in [6, 6.07) is 14.8. The molecule has 0 radical (unpaired) electrons. The highest BCUT2D eigenvalue weighted by Gasteiger charge is 2.36. The molecule has 1 heterocycles. The number of hydrogen-bond acceptors (Lipinski definition) is 3. The number of nitrogens with zero attached hydrogens (tertiary/aromatic N) is 1. The van der Waals surface area contributed by atoms with E-state index in [-0.39, 0.29) is 17.7 Å². The number of amides is 2. The average Bonchev–Trinajstić information content (AvgIpc) is 3.18. The van der Waals surface area contributed by atoms with Gasteiger partial charge in [-0.05, 0) is 54.2 Å². The Hall–Kier alpha value is -2.18. The maximum absolute atomic E-state index is 12.8. The van der Waals surface area contributed by atoms with Crippen molar-refractivity contribution < 1.29 is 9.59 Å². The summed E-state index contributed by atoms with van der Waals surface area (Å²) >= 11 is 3.44. The molecule has 0 aromatic heterocycles. The lowest BCUT2D eigenvalue weighted by Gasteiger charge is -2.28. The van der Waals surface area contributed by atoms with E-state index < -0.39 is 12.1 Å². The predicted octanol–water partition coefficient (Wildman–Crippen LogP) is 4.03. The third-order valence-corrected chi connectivity index (χ3v) is 5.70. The highest BCUT2D eigenvalue weighted by molar-refractivity contribution is 9.10. The van der Waals surface area contributed by atoms with Gasteiger partial charge in [-0.3, -0.25) is 9.59 Å². The second kappa shape index (κ2) is 8.88. The van der Waals surface area contributed by atoms with Crippen LogP contribution in [0.3, 0.4) is 0 Å². The average molecular weight is 444 g/mol. The molecular formula is C22H26BrN3O2. The van der Waals surface area contributed by atoms with Crippen molar-refractivity contribution in [2.45, 2.75) is 38.8 Å². The molecule has 6 heteroatoms. The van der Waals surface area contributed by atoms with Crippen molar-refractivity contribution in [2.24, 2.45) is 11.7 Å². The van der Waals surface area contributed by atoms with Gasteiger partial charge in [0, 0.05) is 16.7 Å². The topological polar surface area (TPSA) is 75.4 Å². The second-order valence-corrected chi connectivity index (χ2v) is 8.45. The largest absolute Gasteiger partial charge is 0.329 e. The Morgan fingerprint density at radius 3 is 2.21 bits per heavy atom. The van der Waals surface area contributed by atoms with Gasteiger partial charge in [-0.25, -0.2) is 0 Å². The molecule has 28 heavy (non-hydrogen) atoms. The van der Waals surface area contributed by atoms with E-state index in [0.717, 1.165) is 27.7 Å². The third kappa shape index (κ3) is 4.62. The summed E-state index contributed by atoms with van der Waals surface area (Å²) < 4.78 is 1.04. The zero-order valence-electron chi connectivity index (χ0n) is 16.2. The normalized spacial score (nSPS) is 17.6. The molecule has 1 saturated heterocycles. The molecule has 3 N–H and O–H groups in total. The second-order valence-electron chi connectivity index (χ2n) is 7.53. The fourth-order valence-corrected chi connectivity index (χ4v) is 3.66. The molecule has 148 valence electrons. The highest BCUT2D eigenvalue weighted by atomic mass is 79.9. The summed E-state index contributed by atoms with van der Waals surface area (Å²) in [6.45, 7) is 4.42. The van der Waals surface area contributed by atoms with Crippen molar-refractivity contribution in [1.82, 2.24) is 4.90 Å². The Labute approximate surface area is 174 Å². The minimum Gasteiger partial charge on any atom is -0.329 e. The lowest BCUT2D eigenvalue weighted by Crippen LogP contribution is -2.51. The van der Waals surface area contributed by atoms with Crippen LogP contribution in [0.4, 0.5) is 5.69 Å². The Bertz CT molecular complexity index is 834. The fraction of sp³-hybridized carbons (Fsp3) is 0.364. The number of likely N-dealkylation sites (tertiary alicyclic amines) is 1. The van der Waals surface area contributed by atoms with E-state index in [1.165, 1.54) is 0 Å². The number of nitrogens with one attached hydrogen (secondary N) is 1. The lowest BCUT2D eigenvalue weighted by molar-refractivity contribution is -0.138. The van der Waals surface area contributed by atoms with Crippen molar-refractivity contribution in [2.75, 3.05) is 11.9 Å². The van der Waals surface area contributed by atoms with Crippen LogP contribution in [-0.4, -0.2) is 35.3 Å². The van der Waals surface area contributed by atoms with Crippen LogP contribution in [0.2, 0.25) is 0 Å². The summed E-state index contributed by atoms with van der Waals surface area (Å²) in [5.41, 5.74) is 8.91. The van der Waals surface area contributed by atoms with Crippen molar-refractivity contribution in [3.05, 3.63) is 53.0 Å². The van der Waals surface area contributed by atoms with E-state index in [2.05, 4.69) is 21.2 Å². The third-order valence-electron chi connectivity index (χ3n) is 5.17. The van der Waals surface area contributed by atoms with E-state index >= 15 is 0 Å². The van der Waals surface area contributed by atoms with Gasteiger partial charge in [0.25, 0.3) is 0 Å². The van der Waals surface area contributed by atoms with E-state index in [9.17, 15) is 9.59 Å². The summed E-state index contributed by atoms with van der Waals surface area (Å²) in [6.07, 6.45) is 1.48. The summed E-state index contributed by atoms with van der Waals surface area (Å²) in [5.74, 6) is -0.251. The van der Waals surface area contributed by atoms with Crippen molar-refractivity contribution >= 4 is 33.4 Å². The van der Waals surface area contributed by atoms with Crippen LogP contribution in [-0.2, 0) is 9.59 Å². The minimum atomic E-state index is -0.571. The SMILES string of the molecule is CC(C)C(N)C(=O)N1CCCC1C(=O)Nc1ccc(-c2ccc(Br)cc2)cc1. The van der Waals surface area contributed by atoms with Gasteiger partial charge < -0.3 is 16.0 Å². The van der Waals surface area contributed by atoms with Gasteiger partial charge >= 0.3 is 0 Å². The Kier molecular flexibility index (Phi) is 6.52.